The van der Waals surface area contributed by atoms with Crippen LogP contribution in [0.25, 0.3) is 32.9 Å². The van der Waals surface area contributed by atoms with Crippen molar-refractivity contribution in [3.05, 3.63) is 77.9 Å². The monoisotopic (exact) mass is 283 g/mol. The molecule has 0 N–H and O–H groups in total. The fourth-order valence-corrected chi connectivity index (χ4v) is 3.07. The molecule has 4 aromatic rings. The third kappa shape index (κ3) is 2.06. The van der Waals surface area contributed by atoms with Crippen molar-refractivity contribution < 1.29 is 0 Å². The van der Waals surface area contributed by atoms with Crippen LogP contribution >= 0.6 is 0 Å². The predicted molar refractivity (Wildman–Crippen MR) is 94.2 cm³/mol. The van der Waals surface area contributed by atoms with Crippen LogP contribution in [0.15, 0.2) is 66.7 Å². The van der Waals surface area contributed by atoms with Crippen LogP contribution in [0, 0.1) is 13.8 Å². The molecule has 4 rings (SSSR count). The van der Waals surface area contributed by atoms with Gasteiger partial charge in [-0.05, 0) is 54.8 Å². The van der Waals surface area contributed by atoms with E-state index in [9.17, 15) is 0 Å². The quantitative estimate of drug-likeness (QED) is 0.410. The van der Waals surface area contributed by atoms with Gasteiger partial charge in [0.1, 0.15) is 0 Å². The minimum Gasteiger partial charge on any atom is -0.248 e. The molecule has 0 radical (unpaired) electrons. The summed E-state index contributed by atoms with van der Waals surface area (Å²) < 4.78 is 0. The van der Waals surface area contributed by atoms with Gasteiger partial charge < -0.3 is 0 Å². The molecule has 0 atom stereocenters. The molecule has 0 aliphatic rings. The highest BCUT2D eigenvalue weighted by molar-refractivity contribution is 5.99. The Morgan fingerprint density at radius 3 is 2.09 bits per heavy atom. The Kier molecular flexibility index (Phi) is 2.93. The number of hydrogen-bond donors (Lipinski definition) is 0. The van der Waals surface area contributed by atoms with E-state index in [4.69, 9.17) is 4.98 Å². The van der Waals surface area contributed by atoms with Crippen molar-refractivity contribution in [2.24, 2.45) is 0 Å². The van der Waals surface area contributed by atoms with Gasteiger partial charge in [-0.15, -0.1) is 0 Å². The van der Waals surface area contributed by atoms with Crippen LogP contribution in [0.2, 0.25) is 0 Å². The van der Waals surface area contributed by atoms with E-state index in [1.165, 1.54) is 33.0 Å². The Morgan fingerprint density at radius 2 is 1.32 bits per heavy atom. The Labute approximate surface area is 130 Å². The lowest BCUT2D eigenvalue weighted by Crippen LogP contribution is -1.89. The van der Waals surface area contributed by atoms with Gasteiger partial charge in [0.15, 0.2) is 0 Å². The molecule has 3 aromatic carbocycles. The van der Waals surface area contributed by atoms with Gasteiger partial charge in [-0.2, -0.15) is 0 Å². The van der Waals surface area contributed by atoms with Crippen LogP contribution in [0.4, 0.5) is 0 Å². The zero-order chi connectivity index (χ0) is 15.1. The van der Waals surface area contributed by atoms with Gasteiger partial charge in [-0.1, -0.05) is 48.0 Å². The second-order valence-electron chi connectivity index (χ2n) is 5.86. The zero-order valence-corrected chi connectivity index (χ0v) is 12.8. The summed E-state index contributed by atoms with van der Waals surface area (Å²) in [5.41, 5.74) is 7.20. The van der Waals surface area contributed by atoms with E-state index in [0.29, 0.717) is 0 Å². The Morgan fingerprint density at radius 1 is 0.636 bits per heavy atom. The average Bonchev–Trinajstić information content (AvgIpc) is 2.56. The molecule has 0 amide bonds. The lowest BCUT2D eigenvalue weighted by molar-refractivity contribution is 1.42. The van der Waals surface area contributed by atoms with Crippen molar-refractivity contribution >= 4 is 21.8 Å². The van der Waals surface area contributed by atoms with Gasteiger partial charge >= 0.3 is 0 Å². The standard InChI is InChI=1S/C21H17N/c1-14-8-10-20-18(12-14)15(2)19-13-17(9-11-21(19)22-20)16-6-4-3-5-7-16/h3-13H,1-2H3. The highest BCUT2D eigenvalue weighted by atomic mass is 14.7. The molecule has 1 nitrogen and oxygen atoms in total. The van der Waals surface area contributed by atoms with Crippen molar-refractivity contribution in [1.82, 2.24) is 4.98 Å². The van der Waals surface area contributed by atoms with Crippen LogP contribution in [-0.4, -0.2) is 4.98 Å². The second kappa shape index (κ2) is 4.96. The highest BCUT2D eigenvalue weighted by Crippen LogP contribution is 2.29. The van der Waals surface area contributed by atoms with Gasteiger partial charge in [0.2, 0.25) is 0 Å². The van der Waals surface area contributed by atoms with E-state index in [2.05, 4.69) is 74.5 Å². The number of hydrogen-bond acceptors (Lipinski definition) is 1. The van der Waals surface area contributed by atoms with Crippen molar-refractivity contribution in [2.45, 2.75) is 13.8 Å². The van der Waals surface area contributed by atoms with Gasteiger partial charge in [0.05, 0.1) is 11.0 Å². The fourth-order valence-electron chi connectivity index (χ4n) is 3.07. The van der Waals surface area contributed by atoms with Crippen LogP contribution in [0.1, 0.15) is 11.1 Å². The molecular weight excluding hydrogens is 266 g/mol. The molecule has 106 valence electrons. The first-order chi connectivity index (χ1) is 10.7. The van der Waals surface area contributed by atoms with E-state index in [1.807, 2.05) is 6.07 Å². The van der Waals surface area contributed by atoms with E-state index < -0.39 is 0 Å². The van der Waals surface area contributed by atoms with Crippen molar-refractivity contribution in [3.8, 4) is 11.1 Å². The molecule has 1 heterocycles. The number of fused-ring (bicyclic) bond motifs is 2. The van der Waals surface area contributed by atoms with E-state index in [0.717, 1.165) is 11.0 Å². The smallest absolute Gasteiger partial charge is 0.0712 e. The number of rotatable bonds is 1. The second-order valence-corrected chi connectivity index (χ2v) is 5.86. The summed E-state index contributed by atoms with van der Waals surface area (Å²) in [6.45, 7) is 4.32. The maximum atomic E-state index is 4.81. The first kappa shape index (κ1) is 13.0. The molecule has 22 heavy (non-hydrogen) atoms. The third-order valence-corrected chi connectivity index (χ3v) is 4.30. The summed E-state index contributed by atoms with van der Waals surface area (Å²) in [4.78, 5) is 4.81. The minimum absolute atomic E-state index is 1.06. The summed E-state index contributed by atoms with van der Waals surface area (Å²) in [6.07, 6.45) is 0. The highest BCUT2D eigenvalue weighted by Gasteiger charge is 2.07. The lowest BCUT2D eigenvalue weighted by Gasteiger charge is -2.10. The van der Waals surface area contributed by atoms with E-state index in [-0.39, 0.29) is 0 Å². The van der Waals surface area contributed by atoms with Crippen LogP contribution < -0.4 is 0 Å². The summed E-state index contributed by atoms with van der Waals surface area (Å²) in [5.74, 6) is 0. The Bertz CT molecular complexity index is 985. The molecule has 0 aliphatic carbocycles. The van der Waals surface area contributed by atoms with Gasteiger partial charge in [0.25, 0.3) is 0 Å². The van der Waals surface area contributed by atoms with Crippen LogP contribution in [0.3, 0.4) is 0 Å². The third-order valence-electron chi connectivity index (χ3n) is 4.30. The predicted octanol–water partition coefficient (Wildman–Crippen LogP) is 5.67. The SMILES string of the molecule is Cc1ccc2nc3ccc(-c4ccccc4)cc3c(C)c2c1. The normalized spacial score (nSPS) is 11.2. The molecule has 1 aromatic heterocycles. The van der Waals surface area contributed by atoms with E-state index in [1.54, 1.807) is 0 Å². The molecule has 0 unspecified atom stereocenters. The van der Waals surface area contributed by atoms with Gasteiger partial charge in [-0.25, -0.2) is 4.98 Å². The lowest BCUT2D eigenvalue weighted by atomic mass is 9.98. The summed E-state index contributed by atoms with van der Waals surface area (Å²) in [7, 11) is 0. The van der Waals surface area contributed by atoms with Gasteiger partial charge in [0, 0.05) is 10.8 Å². The van der Waals surface area contributed by atoms with Crippen molar-refractivity contribution in [3.63, 3.8) is 0 Å². The molecule has 0 bridgehead atoms. The minimum atomic E-state index is 1.06. The molecule has 0 saturated heterocycles. The molecule has 0 fully saturated rings. The maximum absolute atomic E-state index is 4.81. The molecule has 0 saturated carbocycles. The number of benzene rings is 3. The topological polar surface area (TPSA) is 12.9 Å². The summed E-state index contributed by atoms with van der Waals surface area (Å²) in [5, 5.41) is 2.48. The summed E-state index contributed by atoms with van der Waals surface area (Å²) >= 11 is 0. The fraction of sp³-hybridized carbons (Fsp3) is 0.0952. The number of nitrogens with zero attached hydrogens (tertiary/aromatic N) is 1. The van der Waals surface area contributed by atoms with Crippen LogP contribution in [0.5, 0.6) is 0 Å². The van der Waals surface area contributed by atoms with Crippen molar-refractivity contribution in [1.29, 1.82) is 0 Å². The molecule has 1 heteroatoms. The van der Waals surface area contributed by atoms with Gasteiger partial charge in [-0.3, -0.25) is 0 Å². The van der Waals surface area contributed by atoms with Crippen molar-refractivity contribution in [2.75, 3.05) is 0 Å². The largest absolute Gasteiger partial charge is 0.248 e. The number of aromatic nitrogens is 1. The maximum Gasteiger partial charge on any atom is 0.0712 e. The average molecular weight is 283 g/mol. The molecule has 0 spiro atoms. The zero-order valence-electron chi connectivity index (χ0n) is 12.8. The molecule has 0 aliphatic heterocycles. The summed E-state index contributed by atoms with van der Waals surface area (Å²) in [6, 6.07) is 23.5. The first-order valence-corrected chi connectivity index (χ1v) is 7.58. The Hall–Kier alpha value is -2.67. The van der Waals surface area contributed by atoms with E-state index >= 15 is 0 Å². The number of pyridine rings is 1. The Balaban J connectivity index is 2.03. The van der Waals surface area contributed by atoms with Crippen LogP contribution in [-0.2, 0) is 0 Å². The molecular formula is C21H17N. The number of aryl methyl sites for hydroxylation is 2. The first-order valence-electron chi connectivity index (χ1n) is 7.58.